The van der Waals surface area contributed by atoms with Crippen molar-refractivity contribution in [2.45, 2.75) is 6.92 Å². The molecule has 0 saturated heterocycles. The molecule has 1 heterocycles. The average Bonchev–Trinajstić information content (AvgIpc) is 2.52. The van der Waals surface area contributed by atoms with Crippen molar-refractivity contribution in [2.75, 3.05) is 5.73 Å². The van der Waals surface area contributed by atoms with Crippen LogP contribution in [0.15, 0.2) is 35.1 Å². The molecule has 1 aromatic carbocycles. The molecule has 0 aliphatic rings. The largest absolute Gasteiger partial charge is 0.472 e. The first-order chi connectivity index (χ1) is 6.68. The summed E-state index contributed by atoms with van der Waals surface area (Å²) < 4.78 is 18.5. The molecule has 0 amide bonds. The van der Waals surface area contributed by atoms with Gasteiger partial charge < -0.3 is 10.2 Å². The fourth-order valence-electron chi connectivity index (χ4n) is 1.39. The van der Waals surface area contributed by atoms with E-state index in [1.54, 1.807) is 18.4 Å². The Labute approximate surface area is 81.2 Å². The molecule has 0 unspecified atom stereocenters. The van der Waals surface area contributed by atoms with Gasteiger partial charge in [0.15, 0.2) is 0 Å². The van der Waals surface area contributed by atoms with Crippen LogP contribution in [0, 0.1) is 12.7 Å². The van der Waals surface area contributed by atoms with Crippen LogP contribution >= 0.6 is 0 Å². The van der Waals surface area contributed by atoms with Gasteiger partial charge in [0.05, 0.1) is 12.5 Å². The summed E-state index contributed by atoms with van der Waals surface area (Å²) in [5.74, 6) is -0.325. The number of aryl methyl sites for hydroxylation is 1. The van der Waals surface area contributed by atoms with Crippen LogP contribution in [0.1, 0.15) is 5.56 Å². The van der Waals surface area contributed by atoms with E-state index < -0.39 is 0 Å². The number of hydrogen-bond acceptors (Lipinski definition) is 2. The third-order valence-corrected chi connectivity index (χ3v) is 2.14. The Balaban J connectivity index is 2.58. The molecule has 72 valence electrons. The molecule has 0 aliphatic heterocycles. The van der Waals surface area contributed by atoms with Crippen LogP contribution in [0.5, 0.6) is 0 Å². The highest BCUT2D eigenvalue weighted by molar-refractivity contribution is 5.68. The number of rotatable bonds is 1. The number of furan rings is 1. The van der Waals surface area contributed by atoms with E-state index in [4.69, 9.17) is 10.2 Å². The summed E-state index contributed by atoms with van der Waals surface area (Å²) in [4.78, 5) is 0. The summed E-state index contributed by atoms with van der Waals surface area (Å²) in [6.07, 6.45) is 3.12. The second kappa shape index (κ2) is 3.18. The van der Waals surface area contributed by atoms with Crippen molar-refractivity contribution in [2.24, 2.45) is 0 Å². The summed E-state index contributed by atoms with van der Waals surface area (Å²) in [7, 11) is 0. The molecule has 0 radical (unpaired) electrons. The van der Waals surface area contributed by atoms with Crippen LogP contribution in [0.25, 0.3) is 11.1 Å². The van der Waals surface area contributed by atoms with Crippen molar-refractivity contribution >= 4 is 5.69 Å². The minimum atomic E-state index is -0.325. The van der Waals surface area contributed by atoms with Crippen LogP contribution in [-0.2, 0) is 0 Å². The highest BCUT2D eigenvalue weighted by Gasteiger charge is 2.09. The van der Waals surface area contributed by atoms with Crippen LogP contribution in [0.4, 0.5) is 10.1 Å². The predicted octanol–water partition coefficient (Wildman–Crippen LogP) is 2.98. The molecule has 2 aromatic rings. The van der Waals surface area contributed by atoms with Gasteiger partial charge in [-0.25, -0.2) is 4.39 Å². The highest BCUT2D eigenvalue weighted by Crippen LogP contribution is 2.27. The van der Waals surface area contributed by atoms with Crippen molar-refractivity contribution in [3.63, 3.8) is 0 Å². The zero-order chi connectivity index (χ0) is 10.1. The molecule has 0 atom stereocenters. The Bertz CT molecular complexity index is 462. The average molecular weight is 191 g/mol. The van der Waals surface area contributed by atoms with Gasteiger partial charge in [-0.3, -0.25) is 0 Å². The zero-order valence-electron chi connectivity index (χ0n) is 7.75. The Kier molecular flexibility index (Phi) is 2.00. The molecular weight excluding hydrogens is 181 g/mol. The Morgan fingerprint density at radius 3 is 2.57 bits per heavy atom. The number of anilines is 1. The van der Waals surface area contributed by atoms with Crippen molar-refractivity contribution in [3.8, 4) is 11.1 Å². The molecule has 14 heavy (non-hydrogen) atoms. The van der Waals surface area contributed by atoms with E-state index >= 15 is 0 Å². The van der Waals surface area contributed by atoms with E-state index in [9.17, 15) is 4.39 Å². The van der Waals surface area contributed by atoms with Crippen molar-refractivity contribution in [1.29, 1.82) is 0 Å². The number of benzene rings is 1. The quantitative estimate of drug-likeness (QED) is 0.704. The van der Waals surface area contributed by atoms with E-state index in [0.29, 0.717) is 11.3 Å². The van der Waals surface area contributed by atoms with Gasteiger partial charge in [-0.15, -0.1) is 0 Å². The molecule has 0 aliphatic carbocycles. The predicted molar refractivity (Wildman–Crippen MR) is 53.3 cm³/mol. The summed E-state index contributed by atoms with van der Waals surface area (Å²) in [6, 6.07) is 4.63. The Morgan fingerprint density at radius 1 is 1.21 bits per heavy atom. The molecule has 0 saturated carbocycles. The lowest BCUT2D eigenvalue weighted by atomic mass is 10.0. The first-order valence-corrected chi connectivity index (χ1v) is 4.26. The number of nitrogen functional groups attached to an aromatic ring is 1. The minimum Gasteiger partial charge on any atom is -0.472 e. The maximum atomic E-state index is 13.5. The molecule has 3 heteroatoms. The molecule has 0 bridgehead atoms. The van der Waals surface area contributed by atoms with E-state index in [1.165, 1.54) is 12.3 Å². The monoisotopic (exact) mass is 191 g/mol. The fraction of sp³-hybridized carbons (Fsp3) is 0.0909. The van der Waals surface area contributed by atoms with Gasteiger partial charge in [0.2, 0.25) is 0 Å². The van der Waals surface area contributed by atoms with Crippen LogP contribution in [-0.4, -0.2) is 0 Å². The summed E-state index contributed by atoms with van der Waals surface area (Å²) in [6.45, 7) is 1.87. The third kappa shape index (κ3) is 1.37. The van der Waals surface area contributed by atoms with Crippen LogP contribution in [0.2, 0.25) is 0 Å². The van der Waals surface area contributed by atoms with Crippen molar-refractivity contribution in [1.82, 2.24) is 0 Å². The molecule has 2 rings (SSSR count). The summed E-state index contributed by atoms with van der Waals surface area (Å²) in [5.41, 5.74) is 8.07. The molecule has 2 N–H and O–H groups in total. The molecular formula is C11H10FNO. The minimum absolute atomic E-state index is 0.325. The number of halogens is 1. The number of hydrogen-bond donors (Lipinski definition) is 1. The lowest BCUT2D eigenvalue weighted by Crippen LogP contribution is -1.89. The highest BCUT2D eigenvalue weighted by atomic mass is 19.1. The maximum Gasteiger partial charge on any atom is 0.133 e. The number of nitrogens with two attached hydrogens (primary N) is 1. The van der Waals surface area contributed by atoms with Crippen molar-refractivity contribution < 1.29 is 8.81 Å². The van der Waals surface area contributed by atoms with Crippen LogP contribution < -0.4 is 5.73 Å². The second-order valence-electron chi connectivity index (χ2n) is 3.21. The van der Waals surface area contributed by atoms with Gasteiger partial charge in [-0.05, 0) is 30.7 Å². The second-order valence-corrected chi connectivity index (χ2v) is 3.21. The molecule has 1 aromatic heterocycles. The fourth-order valence-corrected chi connectivity index (χ4v) is 1.39. The lowest BCUT2D eigenvalue weighted by molar-refractivity contribution is 0.565. The van der Waals surface area contributed by atoms with E-state index in [2.05, 4.69) is 0 Å². The van der Waals surface area contributed by atoms with Crippen LogP contribution in [0.3, 0.4) is 0 Å². The Morgan fingerprint density at radius 2 is 2.00 bits per heavy atom. The molecule has 0 fully saturated rings. The van der Waals surface area contributed by atoms with Crippen molar-refractivity contribution in [3.05, 3.63) is 42.1 Å². The summed E-state index contributed by atoms with van der Waals surface area (Å²) in [5, 5.41) is 0. The SMILES string of the molecule is Cc1cocc1-c1ccc(N)cc1F. The first-order valence-electron chi connectivity index (χ1n) is 4.26. The molecule has 0 spiro atoms. The van der Waals surface area contributed by atoms with E-state index in [-0.39, 0.29) is 5.82 Å². The topological polar surface area (TPSA) is 39.2 Å². The first kappa shape index (κ1) is 8.81. The smallest absolute Gasteiger partial charge is 0.133 e. The summed E-state index contributed by atoms with van der Waals surface area (Å²) >= 11 is 0. The van der Waals surface area contributed by atoms with Gasteiger partial charge >= 0.3 is 0 Å². The third-order valence-electron chi connectivity index (χ3n) is 2.14. The van der Waals surface area contributed by atoms with E-state index in [0.717, 1.165) is 11.1 Å². The lowest BCUT2D eigenvalue weighted by Gasteiger charge is -2.02. The normalized spacial score (nSPS) is 10.4. The van der Waals surface area contributed by atoms with Gasteiger partial charge in [-0.2, -0.15) is 0 Å². The van der Waals surface area contributed by atoms with Gasteiger partial charge in [0.1, 0.15) is 5.82 Å². The van der Waals surface area contributed by atoms with E-state index in [1.807, 2.05) is 6.92 Å². The van der Waals surface area contributed by atoms with Gasteiger partial charge in [0, 0.05) is 16.8 Å². The molecule has 2 nitrogen and oxygen atoms in total. The van der Waals surface area contributed by atoms with Gasteiger partial charge in [-0.1, -0.05) is 0 Å². The maximum absolute atomic E-state index is 13.5. The van der Waals surface area contributed by atoms with Gasteiger partial charge in [0.25, 0.3) is 0 Å². The standard InChI is InChI=1S/C11H10FNO/c1-7-5-14-6-10(7)9-3-2-8(13)4-11(9)12/h2-6H,13H2,1H3. The Hall–Kier alpha value is -1.77. The zero-order valence-corrected chi connectivity index (χ0v) is 7.75.